The Bertz CT molecular complexity index is 686. The second-order valence-corrected chi connectivity index (χ2v) is 7.07. The van der Waals surface area contributed by atoms with Gasteiger partial charge in [0.25, 0.3) is 0 Å². The first-order chi connectivity index (χ1) is 10.9. The highest BCUT2D eigenvalue weighted by atomic mass is 16.6. The highest BCUT2D eigenvalue weighted by molar-refractivity contribution is 5.87. The van der Waals surface area contributed by atoms with E-state index in [1.54, 1.807) is 4.68 Å². The molecule has 0 N–H and O–H groups in total. The molecule has 3 heterocycles. The van der Waals surface area contributed by atoms with E-state index < -0.39 is 0 Å². The minimum Gasteiger partial charge on any atom is -0.376 e. The zero-order chi connectivity index (χ0) is 16.6. The van der Waals surface area contributed by atoms with Crippen molar-refractivity contribution >= 4 is 16.9 Å². The molecule has 2 aromatic heterocycles. The molecule has 0 bridgehead atoms. The van der Waals surface area contributed by atoms with Crippen LogP contribution in [-0.2, 0) is 21.9 Å². The second kappa shape index (κ2) is 6.05. The van der Waals surface area contributed by atoms with Crippen molar-refractivity contribution in [3.05, 3.63) is 12.0 Å². The van der Waals surface area contributed by atoms with Gasteiger partial charge in [0.2, 0.25) is 0 Å². The van der Waals surface area contributed by atoms with E-state index in [9.17, 15) is 0 Å². The van der Waals surface area contributed by atoms with E-state index in [0.29, 0.717) is 19.8 Å². The quantitative estimate of drug-likeness (QED) is 0.854. The molecule has 2 aromatic rings. The molecular formula is C16H25N5O2. The van der Waals surface area contributed by atoms with Crippen LogP contribution < -0.4 is 4.90 Å². The molecule has 7 nitrogen and oxygen atoms in total. The summed E-state index contributed by atoms with van der Waals surface area (Å²) in [6.45, 7) is 9.03. The molecule has 1 atom stereocenters. The summed E-state index contributed by atoms with van der Waals surface area (Å²) in [6, 6.07) is 0. The summed E-state index contributed by atoms with van der Waals surface area (Å²) in [4.78, 5) is 11.6. The lowest BCUT2D eigenvalue weighted by molar-refractivity contribution is -0.0837. The topological polar surface area (TPSA) is 65.3 Å². The van der Waals surface area contributed by atoms with Crippen molar-refractivity contribution in [1.82, 2.24) is 19.7 Å². The van der Waals surface area contributed by atoms with E-state index in [4.69, 9.17) is 19.4 Å². The fourth-order valence-corrected chi connectivity index (χ4v) is 2.67. The summed E-state index contributed by atoms with van der Waals surface area (Å²) in [5.41, 5.74) is 0.728. The third kappa shape index (κ3) is 3.30. The first kappa shape index (κ1) is 16.1. The van der Waals surface area contributed by atoms with Crippen LogP contribution in [0.25, 0.3) is 11.0 Å². The molecule has 23 heavy (non-hydrogen) atoms. The van der Waals surface area contributed by atoms with Gasteiger partial charge in [-0.15, -0.1) is 0 Å². The molecule has 1 aliphatic heterocycles. The average molecular weight is 319 g/mol. The minimum atomic E-state index is -0.126. The van der Waals surface area contributed by atoms with Gasteiger partial charge < -0.3 is 14.4 Å². The van der Waals surface area contributed by atoms with Gasteiger partial charge in [0.1, 0.15) is 11.6 Å². The Labute approximate surface area is 136 Å². The SMILES string of the molecule is CN(C[C@H]1COCCO1)c1nc(C(C)(C)C)nc2c1cnn2C. The third-order valence-corrected chi connectivity index (χ3v) is 3.97. The number of aromatic nitrogens is 4. The molecule has 1 aliphatic rings. The average Bonchev–Trinajstić information content (AvgIpc) is 2.88. The Hall–Kier alpha value is -1.73. The monoisotopic (exact) mass is 319 g/mol. The third-order valence-electron chi connectivity index (χ3n) is 3.97. The van der Waals surface area contributed by atoms with Crippen LogP contribution in [0.4, 0.5) is 5.82 Å². The summed E-state index contributed by atoms with van der Waals surface area (Å²) in [6.07, 6.45) is 1.89. The van der Waals surface area contributed by atoms with Gasteiger partial charge in [-0.3, -0.25) is 4.68 Å². The number of hydrogen-bond acceptors (Lipinski definition) is 6. The van der Waals surface area contributed by atoms with E-state index in [2.05, 4.69) is 30.8 Å². The lowest BCUT2D eigenvalue weighted by Crippen LogP contribution is -2.39. The summed E-state index contributed by atoms with van der Waals surface area (Å²) < 4.78 is 13.0. The fourth-order valence-electron chi connectivity index (χ4n) is 2.67. The van der Waals surface area contributed by atoms with Crippen molar-refractivity contribution in [3.63, 3.8) is 0 Å². The van der Waals surface area contributed by atoms with Crippen LogP contribution in [0.15, 0.2) is 6.20 Å². The predicted molar refractivity (Wildman–Crippen MR) is 88.8 cm³/mol. The van der Waals surface area contributed by atoms with Crippen LogP contribution >= 0.6 is 0 Å². The Kier molecular flexibility index (Phi) is 4.25. The largest absolute Gasteiger partial charge is 0.376 e. The summed E-state index contributed by atoms with van der Waals surface area (Å²) in [7, 11) is 3.93. The number of hydrogen-bond donors (Lipinski definition) is 0. The molecule has 1 saturated heterocycles. The zero-order valence-corrected chi connectivity index (χ0v) is 14.5. The summed E-state index contributed by atoms with van der Waals surface area (Å²) in [5, 5.41) is 5.30. The molecule has 7 heteroatoms. The standard InChI is InChI=1S/C16H25N5O2/c1-16(2,3)15-18-13(12-8-17-21(5)14(12)19-15)20(4)9-11-10-22-6-7-23-11/h8,11H,6-7,9-10H2,1-5H3/t11-/m0/s1. The number of likely N-dealkylation sites (N-methyl/N-ethyl adjacent to an activating group) is 1. The number of anilines is 1. The molecular weight excluding hydrogens is 294 g/mol. The van der Waals surface area contributed by atoms with E-state index in [0.717, 1.165) is 29.2 Å². The van der Waals surface area contributed by atoms with Gasteiger partial charge in [-0.1, -0.05) is 20.8 Å². The van der Waals surface area contributed by atoms with Crippen molar-refractivity contribution in [2.45, 2.75) is 32.3 Å². The van der Waals surface area contributed by atoms with Gasteiger partial charge in [0.15, 0.2) is 5.65 Å². The molecule has 3 rings (SSSR count). The Balaban J connectivity index is 1.97. The molecule has 0 radical (unpaired) electrons. The summed E-state index contributed by atoms with van der Waals surface area (Å²) in [5.74, 6) is 1.71. The number of rotatable bonds is 3. The molecule has 126 valence electrons. The molecule has 0 aromatic carbocycles. The number of aryl methyl sites for hydroxylation is 1. The highest BCUT2D eigenvalue weighted by Crippen LogP contribution is 2.27. The maximum atomic E-state index is 5.75. The van der Waals surface area contributed by atoms with E-state index in [-0.39, 0.29) is 11.5 Å². The number of nitrogens with zero attached hydrogens (tertiary/aromatic N) is 5. The fraction of sp³-hybridized carbons (Fsp3) is 0.688. The van der Waals surface area contributed by atoms with Gasteiger partial charge in [0.05, 0.1) is 37.5 Å². The molecule has 1 fully saturated rings. The normalized spacial score (nSPS) is 19.3. The van der Waals surface area contributed by atoms with Crippen molar-refractivity contribution in [1.29, 1.82) is 0 Å². The smallest absolute Gasteiger partial charge is 0.163 e. The lowest BCUT2D eigenvalue weighted by Gasteiger charge is -2.29. The molecule has 0 saturated carbocycles. The predicted octanol–water partition coefficient (Wildman–Crippen LogP) is 1.51. The molecule has 0 amide bonds. The first-order valence-corrected chi connectivity index (χ1v) is 7.97. The van der Waals surface area contributed by atoms with Crippen molar-refractivity contribution in [3.8, 4) is 0 Å². The van der Waals surface area contributed by atoms with Gasteiger partial charge in [0, 0.05) is 26.1 Å². The number of ether oxygens (including phenoxy) is 2. The van der Waals surface area contributed by atoms with E-state index in [1.807, 2.05) is 20.3 Å². The van der Waals surface area contributed by atoms with Gasteiger partial charge in [-0.05, 0) is 0 Å². The Morgan fingerprint density at radius 3 is 2.74 bits per heavy atom. The first-order valence-electron chi connectivity index (χ1n) is 7.97. The molecule has 0 unspecified atom stereocenters. The van der Waals surface area contributed by atoms with Crippen molar-refractivity contribution < 1.29 is 9.47 Å². The van der Waals surface area contributed by atoms with Gasteiger partial charge in [-0.25, -0.2) is 9.97 Å². The van der Waals surface area contributed by atoms with E-state index >= 15 is 0 Å². The van der Waals surface area contributed by atoms with Crippen molar-refractivity contribution in [2.24, 2.45) is 7.05 Å². The van der Waals surface area contributed by atoms with Crippen LogP contribution in [0.2, 0.25) is 0 Å². The van der Waals surface area contributed by atoms with Crippen LogP contribution in [0.3, 0.4) is 0 Å². The van der Waals surface area contributed by atoms with Crippen LogP contribution in [-0.4, -0.2) is 59.3 Å². The highest BCUT2D eigenvalue weighted by Gasteiger charge is 2.24. The second-order valence-electron chi connectivity index (χ2n) is 7.07. The molecule has 0 aliphatic carbocycles. The maximum absolute atomic E-state index is 5.75. The minimum absolute atomic E-state index is 0.0634. The van der Waals surface area contributed by atoms with Crippen LogP contribution in [0.1, 0.15) is 26.6 Å². The Morgan fingerprint density at radius 2 is 2.09 bits per heavy atom. The van der Waals surface area contributed by atoms with Gasteiger partial charge >= 0.3 is 0 Å². The lowest BCUT2D eigenvalue weighted by atomic mass is 9.95. The van der Waals surface area contributed by atoms with Crippen LogP contribution in [0.5, 0.6) is 0 Å². The van der Waals surface area contributed by atoms with Crippen molar-refractivity contribution in [2.75, 3.05) is 38.3 Å². The zero-order valence-electron chi connectivity index (χ0n) is 14.5. The Morgan fingerprint density at radius 1 is 1.30 bits per heavy atom. The van der Waals surface area contributed by atoms with E-state index in [1.165, 1.54) is 0 Å². The maximum Gasteiger partial charge on any atom is 0.163 e. The summed E-state index contributed by atoms with van der Waals surface area (Å²) >= 11 is 0. The van der Waals surface area contributed by atoms with Crippen LogP contribution in [0, 0.1) is 0 Å². The number of fused-ring (bicyclic) bond motifs is 1. The van der Waals surface area contributed by atoms with Gasteiger partial charge in [-0.2, -0.15) is 5.10 Å². The molecule has 0 spiro atoms.